The van der Waals surface area contributed by atoms with Gasteiger partial charge in [0.15, 0.2) is 5.82 Å². The first kappa shape index (κ1) is 15.6. The highest BCUT2D eigenvalue weighted by molar-refractivity contribution is 5.56. The molecule has 0 fully saturated rings. The summed E-state index contributed by atoms with van der Waals surface area (Å²) < 4.78 is 13.7. The molecule has 3 nitrogen and oxygen atoms in total. The van der Waals surface area contributed by atoms with Crippen LogP contribution in [0.15, 0.2) is 18.2 Å². The highest BCUT2D eigenvalue weighted by Gasteiger charge is 2.11. The monoisotopic (exact) mass is 287 g/mol. The van der Waals surface area contributed by atoms with E-state index in [4.69, 9.17) is 0 Å². The topological polar surface area (TPSA) is 37.8 Å². The summed E-state index contributed by atoms with van der Waals surface area (Å²) in [5.41, 5.74) is 4.47. The summed E-state index contributed by atoms with van der Waals surface area (Å²) in [6.07, 6.45) is 0.911. The molecule has 112 valence electrons. The molecule has 0 atom stereocenters. The van der Waals surface area contributed by atoms with Crippen LogP contribution >= 0.6 is 0 Å². The minimum atomic E-state index is -0.220. The van der Waals surface area contributed by atoms with Gasteiger partial charge in [0.25, 0.3) is 0 Å². The van der Waals surface area contributed by atoms with E-state index in [9.17, 15) is 4.39 Å². The Morgan fingerprint density at radius 2 is 1.76 bits per heavy atom. The van der Waals surface area contributed by atoms with E-state index in [0.29, 0.717) is 11.4 Å². The van der Waals surface area contributed by atoms with Gasteiger partial charge in [0.05, 0.1) is 0 Å². The van der Waals surface area contributed by atoms with Crippen molar-refractivity contribution in [3.8, 4) is 11.4 Å². The number of hydrogen-bond donors (Lipinski definition) is 1. The first-order chi connectivity index (χ1) is 10.0. The lowest BCUT2D eigenvalue weighted by Crippen LogP contribution is -2.17. The van der Waals surface area contributed by atoms with Gasteiger partial charge in [0.2, 0.25) is 0 Å². The van der Waals surface area contributed by atoms with Gasteiger partial charge in [-0.3, -0.25) is 0 Å². The van der Waals surface area contributed by atoms with Crippen LogP contribution in [-0.2, 0) is 6.42 Å². The Hall–Kier alpha value is -1.81. The average Bonchev–Trinajstić information content (AvgIpc) is 2.44. The van der Waals surface area contributed by atoms with Crippen molar-refractivity contribution in [2.24, 2.45) is 0 Å². The molecule has 0 saturated carbocycles. The molecule has 0 radical (unpaired) electrons. The Morgan fingerprint density at radius 1 is 1.10 bits per heavy atom. The van der Waals surface area contributed by atoms with Gasteiger partial charge in [-0.25, -0.2) is 14.4 Å². The lowest BCUT2D eigenvalue weighted by molar-refractivity contribution is 0.619. The van der Waals surface area contributed by atoms with Crippen LogP contribution in [0.4, 0.5) is 4.39 Å². The maximum atomic E-state index is 13.7. The molecule has 0 saturated heterocycles. The van der Waals surface area contributed by atoms with E-state index in [1.54, 1.807) is 13.0 Å². The number of rotatable bonds is 5. The smallest absolute Gasteiger partial charge is 0.159 e. The number of hydrogen-bond acceptors (Lipinski definition) is 3. The molecular weight excluding hydrogens is 265 g/mol. The highest BCUT2D eigenvalue weighted by Crippen LogP contribution is 2.21. The molecule has 2 aromatic rings. The molecule has 1 heterocycles. The molecule has 0 aliphatic rings. The third-order valence-electron chi connectivity index (χ3n) is 3.65. The Morgan fingerprint density at radius 3 is 2.33 bits per heavy atom. The fourth-order valence-corrected chi connectivity index (χ4v) is 2.35. The third kappa shape index (κ3) is 3.64. The van der Waals surface area contributed by atoms with Crippen LogP contribution in [0.2, 0.25) is 0 Å². The molecule has 0 amide bonds. The summed E-state index contributed by atoms with van der Waals surface area (Å²) in [6.45, 7) is 9.69. The van der Waals surface area contributed by atoms with Crippen LogP contribution in [0, 0.1) is 26.6 Å². The summed E-state index contributed by atoms with van der Waals surface area (Å²) in [5, 5.41) is 3.31. The summed E-state index contributed by atoms with van der Waals surface area (Å²) in [7, 11) is 0. The molecule has 4 heteroatoms. The van der Waals surface area contributed by atoms with Crippen molar-refractivity contribution in [2.75, 3.05) is 13.1 Å². The van der Waals surface area contributed by atoms with Gasteiger partial charge < -0.3 is 5.32 Å². The number of benzene rings is 1. The summed E-state index contributed by atoms with van der Waals surface area (Å²) in [5.74, 6) is 0.374. The zero-order valence-corrected chi connectivity index (χ0v) is 13.1. The molecule has 0 spiro atoms. The fraction of sp³-hybridized carbons (Fsp3) is 0.412. The van der Waals surface area contributed by atoms with E-state index in [1.807, 2.05) is 19.9 Å². The van der Waals surface area contributed by atoms with Gasteiger partial charge in [0.1, 0.15) is 5.82 Å². The standard InChI is InChI=1S/C17H22FN3/c1-5-19-9-8-15-12(3)20-17(21-13(15)4)14-7-6-11(2)16(18)10-14/h6-7,10,19H,5,8-9H2,1-4H3. The van der Waals surface area contributed by atoms with Gasteiger partial charge in [-0.15, -0.1) is 0 Å². The first-order valence-electron chi connectivity index (χ1n) is 7.34. The minimum absolute atomic E-state index is 0.220. The molecule has 0 unspecified atom stereocenters. The van der Waals surface area contributed by atoms with Gasteiger partial charge in [0, 0.05) is 17.0 Å². The number of aromatic nitrogens is 2. The van der Waals surface area contributed by atoms with Crippen LogP contribution in [0.1, 0.15) is 29.4 Å². The van der Waals surface area contributed by atoms with E-state index < -0.39 is 0 Å². The Bertz CT molecular complexity index is 615. The lowest BCUT2D eigenvalue weighted by atomic mass is 10.1. The fourth-order valence-electron chi connectivity index (χ4n) is 2.35. The number of nitrogens with one attached hydrogen (secondary N) is 1. The van der Waals surface area contributed by atoms with E-state index in [0.717, 1.165) is 36.5 Å². The van der Waals surface area contributed by atoms with E-state index in [-0.39, 0.29) is 5.82 Å². The molecule has 0 aliphatic carbocycles. The van der Waals surface area contributed by atoms with Crippen LogP contribution in [0.25, 0.3) is 11.4 Å². The van der Waals surface area contributed by atoms with Crippen LogP contribution in [0.3, 0.4) is 0 Å². The molecule has 21 heavy (non-hydrogen) atoms. The van der Waals surface area contributed by atoms with Crippen molar-refractivity contribution in [2.45, 2.75) is 34.1 Å². The Labute approximate surface area is 125 Å². The number of aryl methyl sites for hydroxylation is 3. The molecule has 1 aromatic carbocycles. The molecule has 1 N–H and O–H groups in total. The molecule has 0 bridgehead atoms. The second-order valence-corrected chi connectivity index (χ2v) is 5.26. The lowest BCUT2D eigenvalue weighted by Gasteiger charge is -2.11. The maximum absolute atomic E-state index is 13.7. The van der Waals surface area contributed by atoms with Gasteiger partial charge in [-0.2, -0.15) is 0 Å². The van der Waals surface area contributed by atoms with Gasteiger partial charge in [-0.1, -0.05) is 19.1 Å². The quantitative estimate of drug-likeness (QED) is 0.857. The summed E-state index contributed by atoms with van der Waals surface area (Å²) in [6, 6.07) is 5.13. The Kier molecular flexibility index (Phi) is 5.02. The first-order valence-corrected chi connectivity index (χ1v) is 7.34. The average molecular weight is 287 g/mol. The second-order valence-electron chi connectivity index (χ2n) is 5.26. The normalized spacial score (nSPS) is 10.9. The summed E-state index contributed by atoms with van der Waals surface area (Å²) >= 11 is 0. The van der Waals surface area contributed by atoms with Crippen molar-refractivity contribution in [3.05, 3.63) is 46.5 Å². The van der Waals surface area contributed by atoms with Gasteiger partial charge >= 0.3 is 0 Å². The zero-order chi connectivity index (χ0) is 15.4. The summed E-state index contributed by atoms with van der Waals surface area (Å²) in [4.78, 5) is 9.10. The van der Waals surface area contributed by atoms with Crippen molar-refractivity contribution in [1.29, 1.82) is 0 Å². The van der Waals surface area contributed by atoms with Crippen molar-refractivity contribution in [1.82, 2.24) is 15.3 Å². The molecular formula is C17H22FN3. The van der Waals surface area contributed by atoms with Crippen LogP contribution in [-0.4, -0.2) is 23.1 Å². The minimum Gasteiger partial charge on any atom is -0.317 e. The number of halogens is 1. The number of likely N-dealkylation sites (N-methyl/N-ethyl adjacent to an activating group) is 1. The zero-order valence-electron chi connectivity index (χ0n) is 13.1. The van der Waals surface area contributed by atoms with Crippen molar-refractivity contribution in [3.63, 3.8) is 0 Å². The van der Waals surface area contributed by atoms with Crippen LogP contribution in [0.5, 0.6) is 0 Å². The molecule has 0 aliphatic heterocycles. The van der Waals surface area contributed by atoms with Crippen LogP contribution < -0.4 is 5.32 Å². The Balaban J connectivity index is 2.32. The second kappa shape index (κ2) is 6.76. The SMILES string of the molecule is CCNCCc1c(C)nc(-c2ccc(C)c(F)c2)nc1C. The van der Waals surface area contributed by atoms with Crippen molar-refractivity contribution < 1.29 is 4.39 Å². The van der Waals surface area contributed by atoms with Gasteiger partial charge in [-0.05, 0) is 57.5 Å². The highest BCUT2D eigenvalue weighted by atomic mass is 19.1. The van der Waals surface area contributed by atoms with E-state index >= 15 is 0 Å². The predicted octanol–water partition coefficient (Wildman–Crippen LogP) is 3.36. The maximum Gasteiger partial charge on any atom is 0.159 e. The largest absolute Gasteiger partial charge is 0.317 e. The van der Waals surface area contributed by atoms with E-state index in [2.05, 4.69) is 22.2 Å². The molecule has 1 aromatic heterocycles. The predicted molar refractivity (Wildman–Crippen MR) is 83.9 cm³/mol. The van der Waals surface area contributed by atoms with E-state index in [1.165, 1.54) is 11.6 Å². The molecule has 2 rings (SSSR count). The third-order valence-corrected chi connectivity index (χ3v) is 3.65. The van der Waals surface area contributed by atoms with Crippen molar-refractivity contribution >= 4 is 0 Å². The number of nitrogens with zero attached hydrogens (tertiary/aromatic N) is 2.